The Balaban J connectivity index is 1.37. The van der Waals surface area contributed by atoms with Gasteiger partial charge in [0.2, 0.25) is 0 Å². The molecule has 2 bridgehead atoms. The van der Waals surface area contributed by atoms with Crippen LogP contribution < -0.4 is 10.1 Å². The molecular weight excluding hydrogens is 420 g/mol. The molecule has 1 aliphatic carbocycles. The minimum Gasteiger partial charge on any atom is -0.490 e. The van der Waals surface area contributed by atoms with Crippen LogP contribution in [0.5, 0.6) is 5.75 Å². The van der Waals surface area contributed by atoms with Crippen molar-refractivity contribution in [3.63, 3.8) is 0 Å². The SMILES string of the molecule is Cc1cnc2c(NC(=O)c3cn4cc(C56COC(C)(C5)C6)nc4cc3OC(C)C)cnn2c1. The van der Waals surface area contributed by atoms with Crippen LogP contribution in [-0.2, 0) is 10.2 Å². The molecule has 0 radical (unpaired) electrons. The summed E-state index contributed by atoms with van der Waals surface area (Å²) in [6.07, 6.45) is 10.9. The van der Waals surface area contributed by atoms with Crippen molar-refractivity contribution >= 4 is 22.9 Å². The average Bonchev–Trinajstić information content (AvgIpc) is 3.48. The lowest BCUT2D eigenvalue weighted by Crippen LogP contribution is -2.45. The Morgan fingerprint density at radius 1 is 1.24 bits per heavy atom. The third-order valence-corrected chi connectivity index (χ3v) is 6.56. The number of pyridine rings is 1. The van der Waals surface area contributed by atoms with E-state index in [1.165, 1.54) is 0 Å². The predicted molar refractivity (Wildman–Crippen MR) is 122 cm³/mol. The molecular formula is C24H26N6O3. The van der Waals surface area contributed by atoms with Crippen molar-refractivity contribution in [3.05, 3.63) is 53.9 Å². The fourth-order valence-corrected chi connectivity index (χ4v) is 5.19. The molecule has 0 atom stereocenters. The molecule has 9 nitrogen and oxygen atoms in total. The van der Waals surface area contributed by atoms with E-state index in [1.54, 1.807) is 23.1 Å². The summed E-state index contributed by atoms with van der Waals surface area (Å²) >= 11 is 0. The molecule has 2 saturated heterocycles. The van der Waals surface area contributed by atoms with Crippen molar-refractivity contribution in [3.8, 4) is 5.75 Å². The van der Waals surface area contributed by atoms with Crippen LogP contribution in [0.2, 0.25) is 0 Å². The van der Waals surface area contributed by atoms with Gasteiger partial charge in [-0.05, 0) is 46.1 Å². The van der Waals surface area contributed by atoms with Crippen LogP contribution in [0.25, 0.3) is 11.3 Å². The van der Waals surface area contributed by atoms with Crippen molar-refractivity contribution in [1.29, 1.82) is 0 Å². The maximum Gasteiger partial charge on any atom is 0.261 e. The number of aromatic nitrogens is 5. The normalized spacial score (nSPS) is 23.9. The maximum absolute atomic E-state index is 13.3. The zero-order valence-electron chi connectivity index (χ0n) is 19.1. The highest BCUT2D eigenvalue weighted by Gasteiger charge is 2.61. The Hall–Kier alpha value is -3.46. The molecule has 3 aliphatic rings. The molecule has 9 heteroatoms. The topological polar surface area (TPSA) is 95.1 Å². The minimum absolute atomic E-state index is 0.0201. The van der Waals surface area contributed by atoms with E-state index in [4.69, 9.17) is 14.5 Å². The lowest BCUT2D eigenvalue weighted by molar-refractivity contribution is 0.0154. The average molecular weight is 447 g/mol. The van der Waals surface area contributed by atoms with Gasteiger partial charge in [-0.15, -0.1) is 0 Å². The number of anilines is 1. The van der Waals surface area contributed by atoms with Crippen molar-refractivity contribution in [1.82, 2.24) is 24.0 Å². The highest BCUT2D eigenvalue weighted by molar-refractivity contribution is 6.07. The van der Waals surface area contributed by atoms with Crippen LogP contribution >= 0.6 is 0 Å². The number of fused-ring (bicyclic) bond motifs is 3. The largest absolute Gasteiger partial charge is 0.490 e. The number of carbonyl (C=O) groups is 1. The summed E-state index contributed by atoms with van der Waals surface area (Å²) in [5.74, 6) is 0.199. The molecule has 6 heterocycles. The van der Waals surface area contributed by atoms with Crippen LogP contribution in [0.1, 0.15) is 55.2 Å². The first-order valence-corrected chi connectivity index (χ1v) is 11.2. The van der Waals surface area contributed by atoms with Crippen LogP contribution in [0, 0.1) is 6.92 Å². The maximum atomic E-state index is 13.3. The zero-order chi connectivity index (χ0) is 23.0. The van der Waals surface area contributed by atoms with Crippen molar-refractivity contribution in [2.24, 2.45) is 0 Å². The third kappa shape index (κ3) is 3.18. The smallest absolute Gasteiger partial charge is 0.261 e. The Labute approximate surface area is 190 Å². The Morgan fingerprint density at radius 3 is 2.79 bits per heavy atom. The number of amides is 1. The third-order valence-electron chi connectivity index (χ3n) is 6.56. The summed E-state index contributed by atoms with van der Waals surface area (Å²) in [6, 6.07) is 1.83. The first-order chi connectivity index (χ1) is 15.7. The van der Waals surface area contributed by atoms with Crippen LogP contribution in [0.4, 0.5) is 5.69 Å². The Kier molecular flexibility index (Phi) is 4.14. The van der Waals surface area contributed by atoms with Crippen LogP contribution in [0.3, 0.4) is 0 Å². The molecule has 7 rings (SSSR count). The van der Waals surface area contributed by atoms with E-state index in [1.807, 2.05) is 43.6 Å². The standard InChI is InChI=1S/C24H26N6O3/c1-14(2)33-18-5-20-28-19(24-11-23(4,12-24)32-13-24)10-29(20)9-16(18)22(31)27-17-7-26-30-8-15(3)6-25-21(17)30/h5-10,14H,11-13H2,1-4H3,(H,27,31). The van der Waals surface area contributed by atoms with E-state index in [0.29, 0.717) is 29.3 Å². The summed E-state index contributed by atoms with van der Waals surface area (Å²) in [5.41, 5.74) is 4.24. The second-order valence-electron chi connectivity index (χ2n) is 9.89. The van der Waals surface area contributed by atoms with Gasteiger partial charge in [-0.3, -0.25) is 4.79 Å². The number of carbonyl (C=O) groups excluding carboxylic acids is 1. The van der Waals surface area contributed by atoms with E-state index >= 15 is 0 Å². The quantitative estimate of drug-likeness (QED) is 0.504. The number of rotatable bonds is 5. The number of hydrogen-bond donors (Lipinski definition) is 1. The number of nitrogens with one attached hydrogen (secondary N) is 1. The Morgan fingerprint density at radius 2 is 2.06 bits per heavy atom. The molecule has 4 aromatic heterocycles. The predicted octanol–water partition coefficient (Wildman–Crippen LogP) is 3.55. The number of ether oxygens (including phenoxy) is 2. The molecule has 1 N–H and O–H groups in total. The van der Waals surface area contributed by atoms with Gasteiger partial charge in [-0.1, -0.05) is 0 Å². The Bertz CT molecular complexity index is 1410. The minimum atomic E-state index is -0.293. The van der Waals surface area contributed by atoms with Gasteiger partial charge in [0.15, 0.2) is 5.65 Å². The monoisotopic (exact) mass is 446 g/mol. The van der Waals surface area contributed by atoms with Crippen molar-refractivity contribution in [2.45, 2.75) is 57.7 Å². The van der Waals surface area contributed by atoms with Gasteiger partial charge in [-0.2, -0.15) is 5.10 Å². The van der Waals surface area contributed by atoms with E-state index in [-0.39, 0.29) is 23.0 Å². The summed E-state index contributed by atoms with van der Waals surface area (Å²) in [4.78, 5) is 22.6. The zero-order valence-corrected chi connectivity index (χ0v) is 19.1. The summed E-state index contributed by atoms with van der Waals surface area (Å²) in [5, 5.41) is 7.24. The second kappa shape index (κ2) is 6.77. The highest BCUT2D eigenvalue weighted by atomic mass is 16.5. The molecule has 3 fully saturated rings. The summed E-state index contributed by atoms with van der Waals surface area (Å²) in [7, 11) is 0. The van der Waals surface area contributed by atoms with Gasteiger partial charge >= 0.3 is 0 Å². The molecule has 4 aromatic rings. The molecule has 33 heavy (non-hydrogen) atoms. The molecule has 0 aromatic carbocycles. The van der Waals surface area contributed by atoms with Gasteiger partial charge in [0.05, 0.1) is 35.8 Å². The van der Waals surface area contributed by atoms with Gasteiger partial charge in [-0.25, -0.2) is 14.5 Å². The molecule has 0 unspecified atom stereocenters. The van der Waals surface area contributed by atoms with Gasteiger partial charge < -0.3 is 19.2 Å². The molecule has 1 saturated carbocycles. The number of hydrogen-bond acceptors (Lipinski definition) is 6. The van der Waals surface area contributed by atoms with Crippen molar-refractivity contribution in [2.75, 3.05) is 11.9 Å². The lowest BCUT2D eigenvalue weighted by Gasteiger charge is -2.41. The van der Waals surface area contributed by atoms with Crippen molar-refractivity contribution < 1.29 is 14.3 Å². The fraction of sp³-hybridized carbons (Fsp3) is 0.417. The molecule has 1 amide bonds. The fourth-order valence-electron chi connectivity index (χ4n) is 5.19. The summed E-state index contributed by atoms with van der Waals surface area (Å²) < 4.78 is 15.5. The number of nitrogens with zero attached hydrogens (tertiary/aromatic N) is 5. The van der Waals surface area contributed by atoms with E-state index < -0.39 is 0 Å². The highest BCUT2D eigenvalue weighted by Crippen LogP contribution is 2.58. The van der Waals surface area contributed by atoms with Gasteiger partial charge in [0.1, 0.15) is 17.1 Å². The summed E-state index contributed by atoms with van der Waals surface area (Å²) in [6.45, 7) is 8.66. The van der Waals surface area contributed by atoms with E-state index in [0.717, 1.165) is 29.7 Å². The van der Waals surface area contributed by atoms with E-state index in [2.05, 4.69) is 22.3 Å². The lowest BCUT2D eigenvalue weighted by atomic mass is 9.62. The van der Waals surface area contributed by atoms with Crippen LogP contribution in [-0.4, -0.2) is 48.2 Å². The first-order valence-electron chi connectivity index (χ1n) is 11.2. The van der Waals surface area contributed by atoms with Gasteiger partial charge in [0, 0.05) is 36.3 Å². The first kappa shape index (κ1) is 20.2. The second-order valence-corrected chi connectivity index (χ2v) is 9.89. The number of imidazole rings is 1. The van der Waals surface area contributed by atoms with Crippen LogP contribution in [0.15, 0.2) is 37.1 Å². The number of aryl methyl sites for hydroxylation is 1. The van der Waals surface area contributed by atoms with Gasteiger partial charge in [0.25, 0.3) is 5.91 Å². The molecule has 2 aliphatic heterocycles. The van der Waals surface area contributed by atoms with E-state index in [9.17, 15) is 4.79 Å². The molecule has 170 valence electrons. The molecule has 0 spiro atoms.